The number of aromatic amines is 1. The molecule has 0 aliphatic rings. The van der Waals surface area contributed by atoms with Gasteiger partial charge in [-0.1, -0.05) is 11.6 Å². The number of pyridine rings is 2. The first kappa shape index (κ1) is 18.7. The molecular weight excluding hydrogens is 387 g/mol. The minimum absolute atomic E-state index is 0.0448. The number of nitrogens with one attached hydrogen (secondary N) is 2. The maximum atomic E-state index is 13.0. The zero-order chi connectivity index (χ0) is 19.8. The molecule has 6 nitrogen and oxygen atoms in total. The molecule has 0 saturated heterocycles. The summed E-state index contributed by atoms with van der Waals surface area (Å²) in [7, 11) is 1.28. The SMILES string of the molecule is COc1ccc(C(=O)Nc2cc[nH]c(=O)c2Cl)c2ccc(C(F)(F)F)nc12. The molecule has 0 aliphatic heterocycles. The monoisotopic (exact) mass is 397 g/mol. The zero-order valence-electron chi connectivity index (χ0n) is 13.6. The lowest BCUT2D eigenvalue weighted by molar-refractivity contribution is -0.140. The molecule has 0 fully saturated rings. The highest BCUT2D eigenvalue weighted by atomic mass is 35.5. The van der Waals surface area contributed by atoms with E-state index in [0.29, 0.717) is 0 Å². The standard InChI is InChI=1S/C17H11ClF3N3O3/c1-27-11-4-2-9(8-3-5-12(17(19,20)21)24-14(8)11)15(25)23-10-6-7-22-16(26)13(10)18/h2-7H,1H3,(H2,22,23,25,26). The Morgan fingerprint density at radius 2 is 1.96 bits per heavy atom. The molecule has 0 saturated carbocycles. The van der Waals surface area contributed by atoms with Crippen molar-refractivity contribution in [3.05, 3.63) is 63.2 Å². The van der Waals surface area contributed by atoms with Crippen molar-refractivity contribution in [3.63, 3.8) is 0 Å². The van der Waals surface area contributed by atoms with E-state index in [0.717, 1.165) is 12.1 Å². The molecular formula is C17H11ClF3N3O3. The average Bonchev–Trinajstić information content (AvgIpc) is 2.63. The predicted molar refractivity (Wildman–Crippen MR) is 93.3 cm³/mol. The van der Waals surface area contributed by atoms with Crippen LogP contribution in [-0.4, -0.2) is 23.0 Å². The van der Waals surface area contributed by atoms with Gasteiger partial charge in [0.2, 0.25) is 0 Å². The summed E-state index contributed by atoms with van der Waals surface area (Å²) in [6.07, 6.45) is -3.34. The number of rotatable bonds is 3. The van der Waals surface area contributed by atoms with Crippen LogP contribution in [-0.2, 0) is 6.18 Å². The number of anilines is 1. The fourth-order valence-electron chi connectivity index (χ4n) is 2.46. The van der Waals surface area contributed by atoms with Gasteiger partial charge in [0.1, 0.15) is 22.0 Å². The maximum Gasteiger partial charge on any atom is 0.433 e. The number of nitrogens with zero attached hydrogens (tertiary/aromatic N) is 1. The summed E-state index contributed by atoms with van der Waals surface area (Å²) in [5, 5.41) is 2.39. The number of hydrogen-bond acceptors (Lipinski definition) is 4. The fourth-order valence-corrected chi connectivity index (χ4v) is 2.62. The van der Waals surface area contributed by atoms with Crippen molar-refractivity contribution in [1.29, 1.82) is 0 Å². The molecule has 0 atom stereocenters. The lowest BCUT2D eigenvalue weighted by atomic mass is 10.1. The number of fused-ring (bicyclic) bond motifs is 1. The second kappa shape index (κ2) is 6.92. The highest BCUT2D eigenvalue weighted by Crippen LogP contribution is 2.33. The van der Waals surface area contributed by atoms with Crippen molar-refractivity contribution in [3.8, 4) is 5.75 Å². The molecule has 0 unspecified atom stereocenters. The van der Waals surface area contributed by atoms with Gasteiger partial charge in [-0.2, -0.15) is 13.2 Å². The van der Waals surface area contributed by atoms with Gasteiger partial charge < -0.3 is 15.0 Å². The Hall–Kier alpha value is -3.07. The van der Waals surface area contributed by atoms with E-state index in [1.807, 2.05) is 0 Å². The van der Waals surface area contributed by atoms with Crippen LogP contribution in [0.5, 0.6) is 5.75 Å². The summed E-state index contributed by atoms with van der Waals surface area (Å²) < 4.78 is 43.9. The van der Waals surface area contributed by atoms with Crippen molar-refractivity contribution in [2.24, 2.45) is 0 Å². The van der Waals surface area contributed by atoms with Gasteiger partial charge in [0.25, 0.3) is 11.5 Å². The quantitative estimate of drug-likeness (QED) is 0.703. The van der Waals surface area contributed by atoms with E-state index < -0.39 is 23.3 Å². The van der Waals surface area contributed by atoms with Crippen molar-refractivity contribution in [1.82, 2.24) is 9.97 Å². The summed E-state index contributed by atoms with van der Waals surface area (Å²) in [5.74, 6) is -0.585. The van der Waals surface area contributed by atoms with Gasteiger partial charge in [-0.3, -0.25) is 9.59 Å². The van der Waals surface area contributed by atoms with E-state index in [1.54, 1.807) is 0 Å². The van der Waals surface area contributed by atoms with Crippen LogP contribution in [0.1, 0.15) is 16.1 Å². The summed E-state index contributed by atoms with van der Waals surface area (Å²) in [4.78, 5) is 30.0. The molecule has 0 radical (unpaired) electrons. The van der Waals surface area contributed by atoms with Crippen LogP contribution in [0.15, 0.2) is 41.3 Å². The molecule has 3 aromatic rings. The van der Waals surface area contributed by atoms with Crippen molar-refractivity contribution in [2.75, 3.05) is 12.4 Å². The number of methoxy groups -OCH3 is 1. The number of hydrogen-bond donors (Lipinski definition) is 2. The number of carbonyl (C=O) groups is 1. The molecule has 2 aromatic heterocycles. The Kier molecular flexibility index (Phi) is 4.79. The molecule has 1 amide bonds. The van der Waals surface area contributed by atoms with Gasteiger partial charge in [0.05, 0.1) is 12.8 Å². The molecule has 10 heteroatoms. The van der Waals surface area contributed by atoms with Crippen LogP contribution in [0.25, 0.3) is 10.9 Å². The lowest BCUT2D eigenvalue weighted by Gasteiger charge is -2.13. The molecule has 140 valence electrons. The molecule has 0 bridgehead atoms. The highest BCUT2D eigenvalue weighted by molar-refractivity contribution is 6.33. The number of H-pyrrole nitrogens is 1. The lowest BCUT2D eigenvalue weighted by Crippen LogP contribution is -2.16. The number of ether oxygens (including phenoxy) is 1. The van der Waals surface area contributed by atoms with E-state index in [-0.39, 0.29) is 32.9 Å². The van der Waals surface area contributed by atoms with Gasteiger partial charge in [-0.15, -0.1) is 0 Å². The predicted octanol–water partition coefficient (Wildman–Crippen LogP) is 3.86. The van der Waals surface area contributed by atoms with E-state index in [2.05, 4.69) is 15.3 Å². The first-order valence-electron chi connectivity index (χ1n) is 7.46. The topological polar surface area (TPSA) is 84.1 Å². The van der Waals surface area contributed by atoms with Crippen LogP contribution in [0, 0.1) is 0 Å². The second-order valence-electron chi connectivity index (χ2n) is 5.39. The van der Waals surface area contributed by atoms with Crippen LogP contribution in [0.4, 0.5) is 18.9 Å². The first-order valence-corrected chi connectivity index (χ1v) is 7.83. The van der Waals surface area contributed by atoms with Crippen LogP contribution < -0.4 is 15.6 Å². The Morgan fingerprint density at radius 3 is 2.63 bits per heavy atom. The Balaban J connectivity index is 2.10. The minimum Gasteiger partial charge on any atom is -0.494 e. The summed E-state index contributed by atoms with van der Waals surface area (Å²) in [5.41, 5.74) is -1.70. The number of halogens is 4. The average molecular weight is 398 g/mol. The van der Waals surface area contributed by atoms with Crippen LogP contribution in [0.3, 0.4) is 0 Å². The number of alkyl halides is 3. The van der Waals surface area contributed by atoms with Crippen molar-refractivity contribution in [2.45, 2.75) is 6.18 Å². The molecule has 0 spiro atoms. The van der Waals surface area contributed by atoms with Gasteiger partial charge >= 0.3 is 6.18 Å². The van der Waals surface area contributed by atoms with E-state index >= 15 is 0 Å². The fraction of sp³-hybridized carbons (Fsp3) is 0.118. The van der Waals surface area contributed by atoms with Crippen LogP contribution >= 0.6 is 11.6 Å². The van der Waals surface area contributed by atoms with Gasteiger partial charge in [-0.05, 0) is 30.3 Å². The largest absolute Gasteiger partial charge is 0.494 e. The number of benzene rings is 1. The normalized spacial score (nSPS) is 11.4. The van der Waals surface area contributed by atoms with Crippen molar-refractivity contribution >= 4 is 34.1 Å². The van der Waals surface area contributed by atoms with Crippen molar-refractivity contribution < 1.29 is 22.7 Å². The second-order valence-corrected chi connectivity index (χ2v) is 5.77. The van der Waals surface area contributed by atoms with E-state index in [9.17, 15) is 22.8 Å². The van der Waals surface area contributed by atoms with E-state index in [4.69, 9.17) is 16.3 Å². The molecule has 27 heavy (non-hydrogen) atoms. The third-order valence-electron chi connectivity index (χ3n) is 3.72. The van der Waals surface area contributed by atoms with Crippen LogP contribution in [0.2, 0.25) is 5.02 Å². The van der Waals surface area contributed by atoms with Gasteiger partial charge in [-0.25, -0.2) is 4.98 Å². The Bertz CT molecular complexity index is 1100. The smallest absolute Gasteiger partial charge is 0.433 e. The summed E-state index contributed by atoms with van der Waals surface area (Å²) >= 11 is 5.85. The molecule has 0 aliphatic carbocycles. The Labute approximate surface area is 154 Å². The van der Waals surface area contributed by atoms with Gasteiger partial charge in [0.15, 0.2) is 0 Å². The third kappa shape index (κ3) is 3.59. The number of aromatic nitrogens is 2. The van der Waals surface area contributed by atoms with E-state index in [1.165, 1.54) is 31.5 Å². The zero-order valence-corrected chi connectivity index (χ0v) is 14.4. The summed E-state index contributed by atoms with van der Waals surface area (Å²) in [6, 6.07) is 6.02. The Morgan fingerprint density at radius 1 is 1.22 bits per heavy atom. The third-order valence-corrected chi connectivity index (χ3v) is 4.10. The molecule has 2 heterocycles. The number of carbonyl (C=O) groups excluding carboxylic acids is 1. The first-order chi connectivity index (χ1) is 12.7. The summed E-state index contributed by atoms with van der Waals surface area (Å²) in [6.45, 7) is 0. The highest BCUT2D eigenvalue weighted by Gasteiger charge is 2.33. The number of amides is 1. The molecule has 3 rings (SSSR count). The maximum absolute atomic E-state index is 13.0. The molecule has 1 aromatic carbocycles. The molecule has 2 N–H and O–H groups in total. The minimum atomic E-state index is -4.64. The van der Waals surface area contributed by atoms with Gasteiger partial charge in [0, 0.05) is 17.1 Å².